The van der Waals surface area contributed by atoms with Gasteiger partial charge in [-0.15, -0.1) is 0 Å². The molecule has 0 saturated carbocycles. The van der Waals surface area contributed by atoms with Crippen LogP contribution in [0.1, 0.15) is 34.6 Å². The summed E-state index contributed by atoms with van der Waals surface area (Å²) < 4.78 is 5.06. The standard InChI is InChI=1S/C11H22N2O3/c1-10(2,3)16-9(15)13-7-11(4,5)8(14)12-6/h7H2,1-6H3,(H,12,14)(H,13,15). The van der Waals surface area contributed by atoms with Crippen molar-refractivity contribution in [3.63, 3.8) is 0 Å². The van der Waals surface area contributed by atoms with Gasteiger partial charge in [0.1, 0.15) is 5.60 Å². The molecule has 0 heterocycles. The van der Waals surface area contributed by atoms with Crippen molar-refractivity contribution < 1.29 is 14.3 Å². The first-order valence-electron chi connectivity index (χ1n) is 5.27. The molecule has 0 aromatic rings. The maximum Gasteiger partial charge on any atom is 0.407 e. The lowest BCUT2D eigenvalue weighted by atomic mass is 9.92. The van der Waals surface area contributed by atoms with E-state index < -0.39 is 17.1 Å². The van der Waals surface area contributed by atoms with E-state index in [0.29, 0.717) is 0 Å². The van der Waals surface area contributed by atoms with E-state index in [1.807, 2.05) is 0 Å². The topological polar surface area (TPSA) is 67.4 Å². The predicted molar refractivity (Wildman–Crippen MR) is 62.1 cm³/mol. The number of carbonyl (C=O) groups is 2. The molecule has 0 aliphatic heterocycles. The fourth-order valence-electron chi connectivity index (χ4n) is 1.03. The zero-order valence-corrected chi connectivity index (χ0v) is 10.9. The molecule has 0 unspecified atom stereocenters. The van der Waals surface area contributed by atoms with Crippen LogP contribution in [-0.4, -0.2) is 31.2 Å². The van der Waals surface area contributed by atoms with Crippen LogP contribution in [0.3, 0.4) is 0 Å². The van der Waals surface area contributed by atoms with Crippen LogP contribution in [0, 0.1) is 5.41 Å². The fourth-order valence-corrected chi connectivity index (χ4v) is 1.03. The van der Waals surface area contributed by atoms with Crippen molar-refractivity contribution in [1.82, 2.24) is 10.6 Å². The Balaban J connectivity index is 4.15. The molecule has 0 spiro atoms. The van der Waals surface area contributed by atoms with Gasteiger partial charge in [0, 0.05) is 13.6 Å². The Kier molecular flexibility index (Phi) is 4.78. The summed E-state index contributed by atoms with van der Waals surface area (Å²) in [5, 5.41) is 5.12. The quantitative estimate of drug-likeness (QED) is 0.767. The first-order chi connectivity index (χ1) is 7.08. The lowest BCUT2D eigenvalue weighted by Crippen LogP contribution is -2.44. The monoisotopic (exact) mass is 230 g/mol. The van der Waals surface area contributed by atoms with Crippen molar-refractivity contribution in [3.05, 3.63) is 0 Å². The Labute approximate surface area is 96.9 Å². The van der Waals surface area contributed by atoms with Gasteiger partial charge in [-0.05, 0) is 34.6 Å². The van der Waals surface area contributed by atoms with Crippen LogP contribution in [0.5, 0.6) is 0 Å². The number of carbonyl (C=O) groups excluding carboxylic acids is 2. The molecule has 94 valence electrons. The van der Waals surface area contributed by atoms with Crippen LogP contribution < -0.4 is 10.6 Å². The van der Waals surface area contributed by atoms with Crippen molar-refractivity contribution in [2.24, 2.45) is 5.41 Å². The second-order valence-corrected chi connectivity index (χ2v) is 5.32. The predicted octanol–water partition coefficient (Wildman–Crippen LogP) is 1.28. The van der Waals surface area contributed by atoms with Gasteiger partial charge in [-0.1, -0.05) is 0 Å². The number of nitrogens with one attached hydrogen (secondary N) is 2. The highest BCUT2D eigenvalue weighted by atomic mass is 16.6. The highest BCUT2D eigenvalue weighted by Gasteiger charge is 2.28. The van der Waals surface area contributed by atoms with E-state index in [0.717, 1.165) is 0 Å². The maximum atomic E-state index is 11.4. The molecule has 0 fully saturated rings. The minimum Gasteiger partial charge on any atom is -0.444 e. The van der Waals surface area contributed by atoms with Gasteiger partial charge in [0.05, 0.1) is 5.41 Å². The van der Waals surface area contributed by atoms with Crippen LogP contribution in [0.4, 0.5) is 4.79 Å². The lowest BCUT2D eigenvalue weighted by molar-refractivity contribution is -0.128. The first kappa shape index (κ1) is 14.7. The second-order valence-electron chi connectivity index (χ2n) is 5.32. The summed E-state index contributed by atoms with van der Waals surface area (Å²) in [4.78, 5) is 22.8. The van der Waals surface area contributed by atoms with E-state index in [1.54, 1.807) is 41.7 Å². The molecule has 0 rings (SSSR count). The summed E-state index contributed by atoms with van der Waals surface area (Å²) in [6, 6.07) is 0. The van der Waals surface area contributed by atoms with Gasteiger partial charge in [-0.2, -0.15) is 0 Å². The zero-order chi connectivity index (χ0) is 13.0. The van der Waals surface area contributed by atoms with Crippen LogP contribution in [0.25, 0.3) is 0 Å². The summed E-state index contributed by atoms with van der Waals surface area (Å²) >= 11 is 0. The van der Waals surface area contributed by atoms with Gasteiger partial charge in [-0.3, -0.25) is 4.79 Å². The molecule has 2 N–H and O–H groups in total. The molecule has 0 atom stereocenters. The molecule has 0 aromatic carbocycles. The smallest absolute Gasteiger partial charge is 0.407 e. The van der Waals surface area contributed by atoms with Crippen molar-refractivity contribution in [3.8, 4) is 0 Å². The van der Waals surface area contributed by atoms with E-state index in [4.69, 9.17) is 4.74 Å². The molecule has 0 saturated heterocycles. The minimum atomic E-state index is -0.647. The summed E-state index contributed by atoms with van der Waals surface area (Å²) in [6.07, 6.45) is -0.510. The van der Waals surface area contributed by atoms with Crippen LogP contribution >= 0.6 is 0 Å². The van der Waals surface area contributed by atoms with Crippen LogP contribution in [-0.2, 0) is 9.53 Å². The van der Waals surface area contributed by atoms with Crippen molar-refractivity contribution in [2.45, 2.75) is 40.2 Å². The Bertz CT molecular complexity index is 267. The van der Waals surface area contributed by atoms with Crippen molar-refractivity contribution in [1.29, 1.82) is 0 Å². The SMILES string of the molecule is CNC(=O)C(C)(C)CNC(=O)OC(C)(C)C. The van der Waals surface area contributed by atoms with Crippen LogP contribution in [0.15, 0.2) is 0 Å². The normalized spacial score (nSPS) is 11.9. The van der Waals surface area contributed by atoms with E-state index >= 15 is 0 Å². The summed E-state index contributed by atoms with van der Waals surface area (Å²) in [6.45, 7) is 9.11. The van der Waals surface area contributed by atoms with E-state index in [9.17, 15) is 9.59 Å². The van der Waals surface area contributed by atoms with Crippen molar-refractivity contribution >= 4 is 12.0 Å². The lowest BCUT2D eigenvalue weighted by Gasteiger charge is -2.25. The average molecular weight is 230 g/mol. The minimum absolute atomic E-state index is 0.122. The Morgan fingerprint density at radius 3 is 2.00 bits per heavy atom. The van der Waals surface area contributed by atoms with E-state index in [1.165, 1.54) is 0 Å². The van der Waals surface area contributed by atoms with Gasteiger partial charge in [0.25, 0.3) is 0 Å². The summed E-state index contributed by atoms with van der Waals surface area (Å²) in [5.41, 5.74) is -1.17. The number of rotatable bonds is 3. The molecular formula is C11H22N2O3. The Morgan fingerprint density at radius 1 is 1.12 bits per heavy atom. The Hall–Kier alpha value is -1.26. The molecule has 0 aliphatic rings. The third kappa shape index (κ3) is 5.58. The van der Waals surface area contributed by atoms with Crippen molar-refractivity contribution in [2.75, 3.05) is 13.6 Å². The zero-order valence-electron chi connectivity index (χ0n) is 10.9. The number of hydrogen-bond donors (Lipinski definition) is 2. The average Bonchev–Trinajstić information content (AvgIpc) is 2.11. The van der Waals surface area contributed by atoms with Gasteiger partial charge in [-0.25, -0.2) is 4.79 Å². The molecule has 5 heteroatoms. The highest BCUT2D eigenvalue weighted by Crippen LogP contribution is 2.14. The third-order valence-corrected chi connectivity index (χ3v) is 1.92. The first-order valence-corrected chi connectivity index (χ1v) is 5.27. The van der Waals surface area contributed by atoms with Gasteiger partial charge >= 0.3 is 6.09 Å². The molecule has 0 aliphatic carbocycles. The second kappa shape index (κ2) is 5.18. The largest absolute Gasteiger partial charge is 0.444 e. The molecule has 2 amide bonds. The number of hydrogen-bond acceptors (Lipinski definition) is 3. The summed E-state index contributed by atoms with van der Waals surface area (Å²) in [5.74, 6) is -0.122. The molecule has 0 radical (unpaired) electrons. The Morgan fingerprint density at radius 2 is 1.62 bits per heavy atom. The summed E-state index contributed by atoms with van der Waals surface area (Å²) in [7, 11) is 1.57. The molecule has 5 nitrogen and oxygen atoms in total. The molecule has 0 aromatic heterocycles. The van der Waals surface area contributed by atoms with Gasteiger partial charge in [0.2, 0.25) is 5.91 Å². The number of amides is 2. The van der Waals surface area contributed by atoms with Gasteiger partial charge in [0.15, 0.2) is 0 Å². The number of alkyl carbamates (subject to hydrolysis) is 1. The highest BCUT2D eigenvalue weighted by molar-refractivity contribution is 5.82. The van der Waals surface area contributed by atoms with Crippen LogP contribution in [0.2, 0.25) is 0 Å². The maximum absolute atomic E-state index is 11.4. The fraction of sp³-hybridized carbons (Fsp3) is 0.818. The third-order valence-electron chi connectivity index (χ3n) is 1.92. The molecule has 0 bridgehead atoms. The van der Waals surface area contributed by atoms with E-state index in [2.05, 4.69) is 10.6 Å². The molecule has 16 heavy (non-hydrogen) atoms. The number of ether oxygens (including phenoxy) is 1. The van der Waals surface area contributed by atoms with E-state index in [-0.39, 0.29) is 12.5 Å². The molecular weight excluding hydrogens is 208 g/mol. The van der Waals surface area contributed by atoms with Gasteiger partial charge < -0.3 is 15.4 Å².